The third-order valence-electron chi connectivity index (χ3n) is 5.35. The lowest BCUT2D eigenvalue weighted by Crippen LogP contribution is -2.48. The molecule has 180 valence electrons. The van der Waals surface area contributed by atoms with Crippen LogP contribution < -0.4 is 10.6 Å². The maximum absolute atomic E-state index is 13.5. The van der Waals surface area contributed by atoms with Crippen molar-refractivity contribution in [3.63, 3.8) is 0 Å². The normalized spacial score (nSPS) is 18.5. The quantitative estimate of drug-likeness (QED) is 0.311. The van der Waals surface area contributed by atoms with Crippen LogP contribution in [-0.2, 0) is 17.8 Å². The number of nitrogens with zero attached hydrogens (tertiary/aromatic N) is 2. The van der Waals surface area contributed by atoms with E-state index in [2.05, 4.69) is 15.6 Å². The monoisotopic (exact) mass is 568 g/mol. The summed E-state index contributed by atoms with van der Waals surface area (Å²) >= 11 is 0. The smallest absolute Gasteiger partial charge is 0.254 e. The number of carbonyl (C=O) groups is 1. The SMILES string of the molecule is CCNC(=NCc1ccc(F)c(C)c1)NCc1ccc(C(=O)N2CC(C)OC(C)C2)cc1.I. The van der Waals surface area contributed by atoms with E-state index < -0.39 is 0 Å². The number of ether oxygens (including phenoxy) is 1. The highest BCUT2D eigenvalue weighted by molar-refractivity contribution is 14.0. The van der Waals surface area contributed by atoms with Crippen molar-refractivity contribution in [2.75, 3.05) is 19.6 Å². The average Bonchev–Trinajstić information content (AvgIpc) is 2.77. The fourth-order valence-corrected chi connectivity index (χ4v) is 3.79. The summed E-state index contributed by atoms with van der Waals surface area (Å²) in [6.45, 7) is 10.7. The van der Waals surface area contributed by atoms with Crippen LogP contribution in [0.4, 0.5) is 4.39 Å². The molecule has 1 aliphatic rings. The van der Waals surface area contributed by atoms with Crippen molar-refractivity contribution >= 4 is 35.8 Å². The molecule has 33 heavy (non-hydrogen) atoms. The van der Waals surface area contributed by atoms with E-state index in [0.717, 1.165) is 17.7 Å². The van der Waals surface area contributed by atoms with Gasteiger partial charge in [-0.3, -0.25) is 4.79 Å². The minimum atomic E-state index is -0.206. The minimum absolute atomic E-state index is 0. The van der Waals surface area contributed by atoms with E-state index in [1.807, 2.05) is 56.0 Å². The van der Waals surface area contributed by atoms with Gasteiger partial charge >= 0.3 is 0 Å². The molecule has 1 saturated heterocycles. The zero-order chi connectivity index (χ0) is 23.1. The Kier molecular flexibility index (Phi) is 10.6. The third-order valence-corrected chi connectivity index (χ3v) is 5.35. The molecule has 2 atom stereocenters. The summed E-state index contributed by atoms with van der Waals surface area (Å²) in [5.41, 5.74) is 3.30. The first kappa shape index (κ1) is 27.0. The number of halogens is 2. The largest absolute Gasteiger partial charge is 0.372 e. The lowest BCUT2D eigenvalue weighted by atomic mass is 10.1. The van der Waals surface area contributed by atoms with Gasteiger partial charge in [-0.2, -0.15) is 0 Å². The molecule has 1 heterocycles. The Morgan fingerprint density at radius 3 is 2.33 bits per heavy atom. The van der Waals surface area contributed by atoms with Gasteiger partial charge in [-0.1, -0.05) is 24.3 Å². The number of amides is 1. The Morgan fingerprint density at radius 1 is 1.09 bits per heavy atom. The van der Waals surface area contributed by atoms with E-state index >= 15 is 0 Å². The van der Waals surface area contributed by atoms with E-state index in [1.165, 1.54) is 6.07 Å². The number of aryl methyl sites for hydroxylation is 1. The maximum Gasteiger partial charge on any atom is 0.254 e. The standard InChI is InChI=1S/C25H33FN4O2.HI/c1-5-27-25(29-14-21-8-11-23(26)17(2)12-21)28-13-20-6-9-22(10-7-20)24(31)30-15-18(3)32-19(4)16-30;/h6-12,18-19H,5,13-16H2,1-4H3,(H2,27,28,29);1H. The molecule has 0 saturated carbocycles. The van der Waals surface area contributed by atoms with Gasteiger partial charge in [-0.15, -0.1) is 24.0 Å². The first-order valence-corrected chi connectivity index (χ1v) is 11.2. The molecule has 0 bridgehead atoms. The summed E-state index contributed by atoms with van der Waals surface area (Å²) in [4.78, 5) is 19.3. The fourth-order valence-electron chi connectivity index (χ4n) is 3.79. The molecular formula is C25H34FIN4O2. The van der Waals surface area contributed by atoms with Gasteiger partial charge in [0.05, 0.1) is 18.8 Å². The van der Waals surface area contributed by atoms with Crippen molar-refractivity contribution in [1.29, 1.82) is 0 Å². The molecule has 1 fully saturated rings. The van der Waals surface area contributed by atoms with E-state index in [-0.39, 0.29) is 47.9 Å². The van der Waals surface area contributed by atoms with Crippen molar-refractivity contribution in [3.05, 3.63) is 70.5 Å². The van der Waals surface area contributed by atoms with Crippen molar-refractivity contribution in [3.8, 4) is 0 Å². The summed E-state index contributed by atoms with van der Waals surface area (Å²) in [6.07, 6.45) is 0.0996. The highest BCUT2D eigenvalue weighted by Crippen LogP contribution is 2.15. The molecular weight excluding hydrogens is 534 g/mol. The van der Waals surface area contributed by atoms with Crippen LogP contribution in [0.3, 0.4) is 0 Å². The zero-order valence-electron chi connectivity index (χ0n) is 19.7. The number of guanidine groups is 1. The summed E-state index contributed by atoms with van der Waals surface area (Å²) < 4.78 is 19.2. The number of nitrogens with one attached hydrogen (secondary N) is 2. The van der Waals surface area contributed by atoms with Crippen LogP contribution in [0, 0.1) is 12.7 Å². The van der Waals surface area contributed by atoms with Crippen LogP contribution in [0.25, 0.3) is 0 Å². The van der Waals surface area contributed by atoms with Gasteiger partial charge in [0, 0.05) is 31.7 Å². The first-order valence-electron chi connectivity index (χ1n) is 11.2. The molecule has 2 unspecified atom stereocenters. The van der Waals surface area contributed by atoms with Gasteiger partial charge in [0.1, 0.15) is 5.82 Å². The Morgan fingerprint density at radius 2 is 1.73 bits per heavy atom. The van der Waals surface area contributed by atoms with Gasteiger partial charge in [-0.25, -0.2) is 9.38 Å². The molecule has 6 nitrogen and oxygen atoms in total. The molecule has 8 heteroatoms. The number of morpholine rings is 1. The molecule has 2 aromatic carbocycles. The molecule has 0 aromatic heterocycles. The first-order chi connectivity index (χ1) is 15.4. The summed E-state index contributed by atoms with van der Waals surface area (Å²) in [5, 5.41) is 6.53. The molecule has 0 spiro atoms. The van der Waals surface area contributed by atoms with Crippen molar-refractivity contribution in [2.24, 2.45) is 4.99 Å². The molecule has 3 rings (SSSR count). The average molecular weight is 568 g/mol. The lowest BCUT2D eigenvalue weighted by molar-refractivity contribution is -0.0586. The number of rotatable bonds is 6. The van der Waals surface area contributed by atoms with Crippen LogP contribution in [0.2, 0.25) is 0 Å². The van der Waals surface area contributed by atoms with E-state index in [4.69, 9.17) is 4.74 Å². The Balaban J connectivity index is 0.00000385. The second-order valence-electron chi connectivity index (χ2n) is 8.30. The predicted molar refractivity (Wildman–Crippen MR) is 141 cm³/mol. The lowest BCUT2D eigenvalue weighted by Gasteiger charge is -2.35. The van der Waals surface area contributed by atoms with E-state index in [0.29, 0.717) is 43.3 Å². The van der Waals surface area contributed by atoms with Crippen molar-refractivity contribution in [2.45, 2.75) is 53.0 Å². The van der Waals surface area contributed by atoms with Crippen molar-refractivity contribution < 1.29 is 13.9 Å². The van der Waals surface area contributed by atoms with Gasteiger partial charge in [-0.05, 0) is 62.6 Å². The highest BCUT2D eigenvalue weighted by atomic mass is 127. The summed E-state index contributed by atoms with van der Waals surface area (Å²) in [6, 6.07) is 12.7. The molecule has 0 aliphatic carbocycles. The van der Waals surface area contributed by atoms with Gasteiger partial charge in [0.25, 0.3) is 5.91 Å². The molecule has 2 N–H and O–H groups in total. The zero-order valence-corrected chi connectivity index (χ0v) is 22.1. The molecule has 2 aromatic rings. The Hall–Kier alpha value is -2.20. The van der Waals surface area contributed by atoms with E-state index in [9.17, 15) is 9.18 Å². The summed E-state index contributed by atoms with van der Waals surface area (Å²) in [7, 11) is 0. The topological polar surface area (TPSA) is 66.0 Å². The van der Waals surface area contributed by atoms with Crippen LogP contribution in [0.5, 0.6) is 0 Å². The van der Waals surface area contributed by atoms with E-state index in [1.54, 1.807) is 13.0 Å². The molecule has 1 amide bonds. The second-order valence-corrected chi connectivity index (χ2v) is 8.30. The fraction of sp³-hybridized carbons (Fsp3) is 0.440. The minimum Gasteiger partial charge on any atom is -0.372 e. The van der Waals surface area contributed by atoms with Crippen LogP contribution >= 0.6 is 24.0 Å². The number of benzene rings is 2. The number of hydrogen-bond acceptors (Lipinski definition) is 3. The van der Waals surface area contributed by atoms with Crippen molar-refractivity contribution in [1.82, 2.24) is 15.5 Å². The molecule has 0 radical (unpaired) electrons. The number of carbonyl (C=O) groups excluding carboxylic acids is 1. The maximum atomic E-state index is 13.5. The van der Waals surface area contributed by atoms with Crippen LogP contribution in [0.1, 0.15) is 47.8 Å². The van der Waals surface area contributed by atoms with Gasteiger partial charge in [0.2, 0.25) is 0 Å². The summed E-state index contributed by atoms with van der Waals surface area (Å²) in [5.74, 6) is 0.518. The number of aliphatic imine (C=N–C) groups is 1. The van der Waals surface area contributed by atoms with Crippen LogP contribution in [-0.4, -0.2) is 48.6 Å². The van der Waals surface area contributed by atoms with Gasteiger partial charge < -0.3 is 20.3 Å². The Bertz CT molecular complexity index is 942. The molecule has 1 aliphatic heterocycles. The van der Waals surface area contributed by atoms with Crippen LogP contribution in [0.15, 0.2) is 47.5 Å². The third kappa shape index (κ3) is 7.96. The highest BCUT2D eigenvalue weighted by Gasteiger charge is 2.26. The Labute approximate surface area is 213 Å². The number of hydrogen-bond donors (Lipinski definition) is 2. The van der Waals surface area contributed by atoms with Gasteiger partial charge in [0.15, 0.2) is 5.96 Å². The second kappa shape index (κ2) is 12.9. The predicted octanol–water partition coefficient (Wildman–Crippen LogP) is 4.26.